The number of benzene rings is 1. The van der Waals surface area contributed by atoms with Gasteiger partial charge in [-0.25, -0.2) is 4.79 Å². The molecule has 2 heterocycles. The Morgan fingerprint density at radius 2 is 1.82 bits per heavy atom. The van der Waals surface area contributed by atoms with E-state index in [2.05, 4.69) is 10.6 Å². The number of nitrogens with zero attached hydrogens (tertiary/aromatic N) is 1. The average molecular weight is 548 g/mol. The van der Waals surface area contributed by atoms with Crippen LogP contribution in [0.2, 0.25) is 0 Å². The molecule has 0 radical (unpaired) electrons. The number of rotatable bonds is 13. The molecule has 0 saturated carbocycles. The van der Waals surface area contributed by atoms with Crippen LogP contribution in [-0.4, -0.2) is 79.9 Å². The van der Waals surface area contributed by atoms with Gasteiger partial charge >= 0.3 is 5.63 Å². The second kappa shape index (κ2) is 14.4. The second-order valence-electron chi connectivity index (χ2n) is 10.3. The highest BCUT2D eigenvalue weighted by Gasteiger charge is 2.35. The zero-order valence-corrected chi connectivity index (χ0v) is 23.1. The number of ether oxygens (including phenoxy) is 2. The maximum absolute atomic E-state index is 12.4. The molecule has 1 fully saturated rings. The molecule has 1 aliphatic rings. The molecule has 2 aromatic rings. The average Bonchev–Trinajstić information content (AvgIpc) is 2.87. The summed E-state index contributed by atoms with van der Waals surface area (Å²) in [5.41, 5.74) is 1.39. The lowest BCUT2D eigenvalue weighted by molar-refractivity contribution is -0.273. The molecule has 1 aromatic heterocycles. The second-order valence-corrected chi connectivity index (χ2v) is 10.3. The molecule has 3 rings (SSSR count). The van der Waals surface area contributed by atoms with E-state index in [0.29, 0.717) is 42.3 Å². The summed E-state index contributed by atoms with van der Waals surface area (Å²) in [6.07, 6.45) is -0.134. The molecule has 4 N–H and O–H groups in total. The minimum Gasteiger partial charge on any atom is -0.423 e. The molecule has 0 unspecified atom stereocenters. The molecule has 39 heavy (non-hydrogen) atoms. The zero-order valence-electron chi connectivity index (χ0n) is 23.1. The zero-order chi connectivity index (χ0) is 28.5. The molecule has 1 aliphatic heterocycles. The summed E-state index contributed by atoms with van der Waals surface area (Å²) in [6, 6.07) is 6.83. The standard InChI is InChI=1S/C28H41N3O8/c1-17(37-28-23(33)16-22(32)18(2)38-28)7-5-6-8-25(34)29-11-12-30-26(35)13-19-14-27(36)39-24-15-20(31(3)4)9-10-21(19)24/h9-10,14-15,17-18,22-23,28,32-33H,5-8,11-13,16H2,1-4H3,(H,29,34)(H,30,35)/t17-,18+,22-,23-,28-/m1/s1. The number of amides is 2. The van der Waals surface area contributed by atoms with Crippen molar-refractivity contribution in [2.75, 3.05) is 32.1 Å². The fourth-order valence-electron chi connectivity index (χ4n) is 4.45. The van der Waals surface area contributed by atoms with E-state index in [1.54, 1.807) is 13.0 Å². The maximum atomic E-state index is 12.4. The highest BCUT2D eigenvalue weighted by atomic mass is 16.7. The van der Waals surface area contributed by atoms with Gasteiger partial charge in [0, 0.05) is 63.2 Å². The van der Waals surface area contributed by atoms with Gasteiger partial charge in [-0.05, 0) is 44.4 Å². The van der Waals surface area contributed by atoms with Crippen molar-refractivity contribution in [3.63, 3.8) is 0 Å². The van der Waals surface area contributed by atoms with Crippen LogP contribution in [0.4, 0.5) is 5.69 Å². The molecule has 1 aromatic carbocycles. The fourth-order valence-corrected chi connectivity index (χ4v) is 4.45. The molecule has 0 spiro atoms. The number of fused-ring (bicyclic) bond motifs is 1. The number of hydrogen-bond donors (Lipinski definition) is 4. The number of anilines is 1. The maximum Gasteiger partial charge on any atom is 0.336 e. The van der Waals surface area contributed by atoms with Crippen molar-refractivity contribution in [2.24, 2.45) is 0 Å². The molecular formula is C28H41N3O8. The van der Waals surface area contributed by atoms with Gasteiger partial charge in [0.25, 0.3) is 0 Å². The Morgan fingerprint density at radius 3 is 2.54 bits per heavy atom. The Hall–Kier alpha value is -2.99. The van der Waals surface area contributed by atoms with Gasteiger partial charge in [0.2, 0.25) is 11.8 Å². The van der Waals surface area contributed by atoms with Crippen LogP contribution in [0.15, 0.2) is 33.5 Å². The van der Waals surface area contributed by atoms with Crippen LogP contribution in [0.25, 0.3) is 11.0 Å². The molecule has 216 valence electrons. The quantitative estimate of drug-likeness (QED) is 0.216. The SMILES string of the molecule is C[C@H](CCCCC(=O)NCCNC(=O)Cc1cc(=O)oc2cc(N(C)C)ccc12)O[C@@H]1O[C@@H](C)[C@H](O)C[C@H]1O. The Kier molecular flexibility index (Phi) is 11.3. The van der Waals surface area contributed by atoms with Crippen molar-refractivity contribution in [3.8, 4) is 0 Å². The van der Waals surface area contributed by atoms with Crippen LogP contribution in [0, 0.1) is 0 Å². The van der Waals surface area contributed by atoms with Gasteiger partial charge in [0.1, 0.15) is 11.7 Å². The highest BCUT2D eigenvalue weighted by Crippen LogP contribution is 2.24. The van der Waals surface area contributed by atoms with Crippen LogP contribution >= 0.6 is 0 Å². The van der Waals surface area contributed by atoms with Crippen molar-refractivity contribution in [3.05, 3.63) is 40.2 Å². The van der Waals surface area contributed by atoms with E-state index < -0.39 is 30.2 Å². The van der Waals surface area contributed by atoms with Crippen molar-refractivity contribution in [2.45, 2.75) is 83.1 Å². The fraction of sp³-hybridized carbons (Fsp3) is 0.607. The summed E-state index contributed by atoms with van der Waals surface area (Å²) < 4.78 is 16.6. The molecule has 5 atom stereocenters. The van der Waals surface area contributed by atoms with E-state index in [1.165, 1.54) is 6.07 Å². The van der Waals surface area contributed by atoms with E-state index in [-0.39, 0.29) is 37.3 Å². The minimum absolute atomic E-state index is 0.0278. The van der Waals surface area contributed by atoms with Crippen molar-refractivity contribution < 1.29 is 33.7 Å². The van der Waals surface area contributed by atoms with Crippen LogP contribution in [0.1, 0.15) is 51.5 Å². The van der Waals surface area contributed by atoms with Gasteiger partial charge in [-0.15, -0.1) is 0 Å². The Morgan fingerprint density at radius 1 is 1.10 bits per heavy atom. The number of nitrogens with one attached hydrogen (secondary N) is 2. The smallest absolute Gasteiger partial charge is 0.336 e. The lowest BCUT2D eigenvalue weighted by Gasteiger charge is -2.36. The first-order valence-corrected chi connectivity index (χ1v) is 13.5. The van der Waals surface area contributed by atoms with Crippen LogP contribution in [0.3, 0.4) is 0 Å². The monoisotopic (exact) mass is 547 g/mol. The number of aliphatic hydroxyl groups excluding tert-OH is 2. The summed E-state index contributed by atoms with van der Waals surface area (Å²) >= 11 is 0. The van der Waals surface area contributed by atoms with Crippen molar-refractivity contribution in [1.29, 1.82) is 0 Å². The van der Waals surface area contributed by atoms with Gasteiger partial charge in [-0.3, -0.25) is 9.59 Å². The predicted molar refractivity (Wildman–Crippen MR) is 147 cm³/mol. The molecule has 11 nitrogen and oxygen atoms in total. The summed E-state index contributed by atoms with van der Waals surface area (Å²) in [7, 11) is 3.78. The van der Waals surface area contributed by atoms with Gasteiger partial charge in [-0.1, -0.05) is 6.42 Å². The highest BCUT2D eigenvalue weighted by molar-refractivity contribution is 5.88. The van der Waals surface area contributed by atoms with E-state index in [1.807, 2.05) is 38.1 Å². The summed E-state index contributed by atoms with van der Waals surface area (Å²) in [4.78, 5) is 38.5. The lowest BCUT2D eigenvalue weighted by Crippen LogP contribution is -2.48. The van der Waals surface area contributed by atoms with Crippen molar-refractivity contribution in [1.82, 2.24) is 10.6 Å². The van der Waals surface area contributed by atoms with E-state index in [9.17, 15) is 24.6 Å². The Bertz CT molecular complexity index is 1170. The molecule has 0 aliphatic carbocycles. The number of carbonyl (C=O) groups is 2. The molecule has 1 saturated heterocycles. The first-order chi connectivity index (χ1) is 18.5. The van der Waals surface area contributed by atoms with E-state index in [4.69, 9.17) is 13.9 Å². The van der Waals surface area contributed by atoms with Crippen LogP contribution in [0.5, 0.6) is 0 Å². The van der Waals surface area contributed by atoms with Gasteiger partial charge in [0.05, 0.1) is 24.7 Å². The molecule has 2 amide bonds. The number of hydrogen-bond acceptors (Lipinski definition) is 9. The Labute approximate surface area is 228 Å². The number of aliphatic hydroxyl groups is 2. The third kappa shape index (κ3) is 9.31. The molecule has 11 heteroatoms. The first kappa shape index (κ1) is 30.6. The molecular weight excluding hydrogens is 506 g/mol. The minimum atomic E-state index is -0.868. The van der Waals surface area contributed by atoms with Gasteiger partial charge in [-0.2, -0.15) is 0 Å². The predicted octanol–water partition coefficient (Wildman–Crippen LogP) is 1.46. The van der Waals surface area contributed by atoms with E-state index in [0.717, 1.165) is 12.1 Å². The third-order valence-electron chi connectivity index (χ3n) is 6.77. The third-order valence-corrected chi connectivity index (χ3v) is 6.77. The largest absolute Gasteiger partial charge is 0.423 e. The van der Waals surface area contributed by atoms with Gasteiger partial charge in [0.15, 0.2) is 6.29 Å². The van der Waals surface area contributed by atoms with E-state index >= 15 is 0 Å². The summed E-state index contributed by atoms with van der Waals surface area (Å²) in [6.45, 7) is 4.21. The molecule has 0 bridgehead atoms. The number of unbranched alkanes of at least 4 members (excludes halogenated alkanes) is 1. The van der Waals surface area contributed by atoms with Crippen molar-refractivity contribution >= 4 is 28.5 Å². The summed E-state index contributed by atoms with van der Waals surface area (Å²) in [5.74, 6) is -0.354. The van der Waals surface area contributed by atoms with Crippen LogP contribution in [-0.2, 0) is 25.5 Å². The topological polar surface area (TPSA) is 151 Å². The number of carbonyl (C=O) groups excluding carboxylic acids is 2. The normalized spacial score (nSPS) is 21.9. The lowest BCUT2D eigenvalue weighted by atomic mass is 10.0. The van der Waals surface area contributed by atoms with Crippen LogP contribution < -0.4 is 21.2 Å². The first-order valence-electron chi connectivity index (χ1n) is 13.5. The Balaban J connectivity index is 1.31. The summed E-state index contributed by atoms with van der Waals surface area (Å²) in [5, 5.41) is 26.0. The van der Waals surface area contributed by atoms with Gasteiger partial charge < -0.3 is 39.6 Å².